The summed E-state index contributed by atoms with van der Waals surface area (Å²) in [5.74, 6) is 0. The highest BCUT2D eigenvalue weighted by Gasteiger charge is 1.71. The first-order chi connectivity index (χ1) is 3.31. The first-order valence-electron chi connectivity index (χ1n) is 2.18. The molecule has 0 aromatic heterocycles. The van der Waals surface area contributed by atoms with Gasteiger partial charge in [-0.15, -0.1) is 0 Å². The minimum absolute atomic E-state index is 0.850. The van der Waals surface area contributed by atoms with Gasteiger partial charge >= 0.3 is 0 Å². The summed E-state index contributed by atoms with van der Waals surface area (Å²) in [7, 11) is 0. The van der Waals surface area contributed by atoms with Gasteiger partial charge in [0.05, 0.1) is 5.70 Å². The topological polar surface area (TPSA) is 38.4 Å². The minimum atomic E-state index is 0.850. The maximum absolute atomic E-state index is 5.08. The quantitative estimate of drug-likeness (QED) is 0.486. The molecule has 0 unspecified atom stereocenters. The third kappa shape index (κ3) is 3.03. The SMILES string of the molecule is CC=N/C(C)=C\N. The van der Waals surface area contributed by atoms with Crippen LogP contribution in [0.15, 0.2) is 16.9 Å². The number of nitrogens with zero attached hydrogens (tertiary/aromatic N) is 1. The summed E-state index contributed by atoms with van der Waals surface area (Å²) in [4.78, 5) is 3.85. The summed E-state index contributed by atoms with van der Waals surface area (Å²) >= 11 is 0. The van der Waals surface area contributed by atoms with Crippen molar-refractivity contribution < 1.29 is 0 Å². The molecule has 0 spiro atoms. The van der Waals surface area contributed by atoms with Crippen LogP contribution in [0, 0.1) is 0 Å². The molecule has 0 saturated carbocycles. The number of allylic oxidation sites excluding steroid dienone is 1. The van der Waals surface area contributed by atoms with Gasteiger partial charge in [-0.3, -0.25) is 4.99 Å². The van der Waals surface area contributed by atoms with Crippen LogP contribution in [0.25, 0.3) is 0 Å². The molecule has 0 aliphatic carbocycles. The molecule has 0 saturated heterocycles. The Morgan fingerprint density at radius 1 is 1.71 bits per heavy atom. The second kappa shape index (κ2) is 3.40. The van der Waals surface area contributed by atoms with E-state index in [-0.39, 0.29) is 0 Å². The van der Waals surface area contributed by atoms with E-state index in [9.17, 15) is 0 Å². The van der Waals surface area contributed by atoms with Gasteiger partial charge in [-0.1, -0.05) is 0 Å². The van der Waals surface area contributed by atoms with Crippen molar-refractivity contribution in [2.75, 3.05) is 0 Å². The van der Waals surface area contributed by atoms with Gasteiger partial charge in [-0.25, -0.2) is 0 Å². The number of hydrogen-bond acceptors (Lipinski definition) is 2. The molecule has 0 heterocycles. The molecule has 0 fully saturated rings. The molecule has 0 rings (SSSR count). The lowest BCUT2D eigenvalue weighted by Gasteiger charge is -1.82. The van der Waals surface area contributed by atoms with Gasteiger partial charge < -0.3 is 5.73 Å². The van der Waals surface area contributed by atoms with Crippen LogP contribution in [0.2, 0.25) is 0 Å². The van der Waals surface area contributed by atoms with Crippen LogP contribution in [0.5, 0.6) is 0 Å². The summed E-state index contributed by atoms with van der Waals surface area (Å²) < 4.78 is 0. The zero-order valence-electron chi connectivity index (χ0n) is 4.68. The molecule has 2 N–H and O–H groups in total. The molecule has 0 radical (unpaired) electrons. The fourth-order valence-corrected chi connectivity index (χ4v) is 0.247. The Hall–Kier alpha value is -0.790. The van der Waals surface area contributed by atoms with Crippen LogP contribution >= 0.6 is 0 Å². The first-order valence-corrected chi connectivity index (χ1v) is 2.18. The fraction of sp³-hybridized carbons (Fsp3) is 0.400. The second-order valence-corrected chi connectivity index (χ2v) is 1.20. The first kappa shape index (κ1) is 6.21. The smallest absolute Gasteiger partial charge is 0.0522 e. The molecule has 0 amide bonds. The Balaban J connectivity index is 3.58. The second-order valence-electron chi connectivity index (χ2n) is 1.20. The summed E-state index contributed by atoms with van der Waals surface area (Å²) in [5.41, 5.74) is 5.93. The third-order valence-electron chi connectivity index (χ3n) is 0.574. The van der Waals surface area contributed by atoms with Crippen molar-refractivity contribution in [3.05, 3.63) is 11.9 Å². The number of nitrogens with two attached hydrogens (primary N) is 1. The summed E-state index contributed by atoms with van der Waals surface area (Å²) in [6.07, 6.45) is 3.18. The van der Waals surface area contributed by atoms with Crippen molar-refractivity contribution in [2.24, 2.45) is 10.7 Å². The van der Waals surface area contributed by atoms with Crippen LogP contribution in [-0.4, -0.2) is 6.21 Å². The van der Waals surface area contributed by atoms with Crippen LogP contribution in [0.4, 0.5) is 0 Å². The van der Waals surface area contributed by atoms with Crippen molar-refractivity contribution in [1.82, 2.24) is 0 Å². The maximum Gasteiger partial charge on any atom is 0.0522 e. The Bertz CT molecular complexity index is 92.3. The van der Waals surface area contributed by atoms with E-state index in [1.807, 2.05) is 13.8 Å². The largest absolute Gasteiger partial charge is 0.403 e. The van der Waals surface area contributed by atoms with Gasteiger partial charge in [0, 0.05) is 12.4 Å². The Morgan fingerprint density at radius 3 is 2.43 bits per heavy atom. The zero-order chi connectivity index (χ0) is 5.70. The summed E-state index contributed by atoms with van der Waals surface area (Å²) in [6, 6.07) is 0. The molecular formula is C5H10N2. The van der Waals surface area contributed by atoms with Gasteiger partial charge in [-0.2, -0.15) is 0 Å². The maximum atomic E-state index is 5.08. The van der Waals surface area contributed by atoms with E-state index in [2.05, 4.69) is 4.99 Å². The van der Waals surface area contributed by atoms with E-state index in [4.69, 9.17) is 5.73 Å². The van der Waals surface area contributed by atoms with Crippen LogP contribution in [0.1, 0.15) is 13.8 Å². The molecule has 2 nitrogen and oxygen atoms in total. The zero-order valence-corrected chi connectivity index (χ0v) is 4.68. The standard InChI is InChI=1S/C5H10N2/c1-3-7-5(2)4-6/h3-4H,6H2,1-2H3/b5-4-,7-3?. The lowest BCUT2D eigenvalue weighted by molar-refractivity contribution is 1.27. The highest BCUT2D eigenvalue weighted by Crippen LogP contribution is 1.86. The van der Waals surface area contributed by atoms with Gasteiger partial charge in [0.1, 0.15) is 0 Å². The van der Waals surface area contributed by atoms with Crippen molar-refractivity contribution in [1.29, 1.82) is 0 Å². The van der Waals surface area contributed by atoms with Crippen molar-refractivity contribution in [3.63, 3.8) is 0 Å². The average Bonchev–Trinajstić information content (AvgIpc) is 1.68. The fourth-order valence-electron chi connectivity index (χ4n) is 0.247. The van der Waals surface area contributed by atoms with Crippen molar-refractivity contribution in [2.45, 2.75) is 13.8 Å². The highest BCUT2D eigenvalue weighted by molar-refractivity contribution is 5.54. The lowest BCUT2D eigenvalue weighted by atomic mass is 10.5. The molecule has 7 heavy (non-hydrogen) atoms. The van der Waals surface area contributed by atoms with Crippen molar-refractivity contribution >= 4 is 6.21 Å². The van der Waals surface area contributed by atoms with E-state index in [0.717, 1.165) is 5.70 Å². The normalized spacial score (nSPS) is 13.1. The monoisotopic (exact) mass is 98.1 g/mol. The number of rotatable bonds is 1. The van der Waals surface area contributed by atoms with E-state index in [1.54, 1.807) is 6.21 Å². The predicted octanol–water partition coefficient (Wildman–Crippen LogP) is 0.897. The molecule has 0 aromatic carbocycles. The van der Waals surface area contributed by atoms with Gasteiger partial charge in [0.25, 0.3) is 0 Å². The Labute approximate surface area is 43.7 Å². The van der Waals surface area contributed by atoms with Crippen molar-refractivity contribution in [3.8, 4) is 0 Å². The molecule has 0 bridgehead atoms. The molecule has 40 valence electrons. The van der Waals surface area contributed by atoms with Crippen LogP contribution in [0.3, 0.4) is 0 Å². The molecule has 2 heteroatoms. The van der Waals surface area contributed by atoms with E-state index < -0.39 is 0 Å². The van der Waals surface area contributed by atoms with Gasteiger partial charge in [-0.05, 0) is 13.8 Å². The van der Waals surface area contributed by atoms with Crippen LogP contribution < -0.4 is 5.73 Å². The minimum Gasteiger partial charge on any atom is -0.403 e. The number of hydrogen-bond donors (Lipinski definition) is 1. The van der Waals surface area contributed by atoms with Gasteiger partial charge in [0.15, 0.2) is 0 Å². The van der Waals surface area contributed by atoms with Crippen LogP contribution in [-0.2, 0) is 0 Å². The molecule has 0 aliphatic heterocycles. The predicted molar refractivity (Wildman–Crippen MR) is 32.1 cm³/mol. The van der Waals surface area contributed by atoms with E-state index in [1.165, 1.54) is 6.20 Å². The van der Waals surface area contributed by atoms with Gasteiger partial charge in [0.2, 0.25) is 0 Å². The third-order valence-corrected chi connectivity index (χ3v) is 0.574. The number of aliphatic imine (C=N–C) groups is 1. The molecule has 0 atom stereocenters. The molecule has 0 aliphatic rings. The Morgan fingerprint density at radius 2 is 2.29 bits per heavy atom. The summed E-state index contributed by atoms with van der Waals surface area (Å²) in [5, 5.41) is 0. The lowest BCUT2D eigenvalue weighted by Crippen LogP contribution is -1.79. The van der Waals surface area contributed by atoms with E-state index in [0.29, 0.717) is 0 Å². The highest BCUT2D eigenvalue weighted by atomic mass is 14.7. The summed E-state index contributed by atoms with van der Waals surface area (Å²) in [6.45, 7) is 3.70. The Kier molecular flexibility index (Phi) is 3.02. The van der Waals surface area contributed by atoms with E-state index >= 15 is 0 Å². The molecule has 0 aromatic rings. The average molecular weight is 98.1 g/mol. The molecular weight excluding hydrogens is 88.1 g/mol.